The third-order valence-corrected chi connectivity index (χ3v) is 11.7. The topological polar surface area (TPSA) is 76.1 Å². The third kappa shape index (κ3) is 30.2. The second kappa shape index (κ2) is 35.6. The second-order valence-corrected chi connectivity index (χ2v) is 16.7. The van der Waals surface area contributed by atoms with Crippen molar-refractivity contribution in [2.45, 2.75) is 233 Å². The van der Waals surface area contributed by atoms with Gasteiger partial charge in [0, 0.05) is 26.0 Å². The molecule has 1 rings (SSSR count). The van der Waals surface area contributed by atoms with Crippen molar-refractivity contribution < 1.29 is 24.2 Å². The molecule has 0 atom stereocenters. The number of hydrogen-bond donors (Lipinski definition) is 1. The summed E-state index contributed by atoms with van der Waals surface area (Å²) < 4.78 is 11.4. The fraction of sp³-hybridized carbons (Fsp3) is 0.957. The van der Waals surface area contributed by atoms with Gasteiger partial charge in [-0.2, -0.15) is 0 Å². The lowest BCUT2D eigenvalue weighted by Gasteiger charge is -2.23. The number of ether oxygens (including phenoxy) is 2. The van der Waals surface area contributed by atoms with E-state index in [0.29, 0.717) is 37.4 Å². The summed E-state index contributed by atoms with van der Waals surface area (Å²) in [5.74, 6) is 0.550. The van der Waals surface area contributed by atoms with Crippen LogP contribution in [0, 0.1) is 11.3 Å². The first-order chi connectivity index (χ1) is 25.5. The summed E-state index contributed by atoms with van der Waals surface area (Å²) in [6, 6.07) is 0. The number of hydrogen-bond acceptors (Lipinski definition) is 6. The van der Waals surface area contributed by atoms with E-state index >= 15 is 0 Å². The normalized spacial score (nSPS) is 13.7. The van der Waals surface area contributed by atoms with Crippen LogP contribution in [-0.4, -0.2) is 61.4 Å². The minimum Gasteiger partial charge on any atom is -0.466 e. The molecule has 0 unspecified atom stereocenters. The number of carbonyl (C=O) groups is 2. The van der Waals surface area contributed by atoms with Gasteiger partial charge in [0.1, 0.15) is 0 Å². The molecule has 0 aromatic rings. The molecule has 0 amide bonds. The van der Waals surface area contributed by atoms with Crippen LogP contribution in [-0.2, 0) is 19.1 Å². The van der Waals surface area contributed by atoms with Crippen LogP contribution in [0.2, 0.25) is 0 Å². The summed E-state index contributed by atoms with van der Waals surface area (Å²) in [4.78, 5) is 27.3. The number of aliphatic hydroxyl groups is 1. The minimum absolute atomic E-state index is 0.0194. The van der Waals surface area contributed by atoms with E-state index < -0.39 is 0 Å². The SMILES string of the molecule is CCCCCCCCCC(=O)OCCCCCCCN(CCCO)CCCCC1(CCC(=O)OCC(CCCCCCC)CCCCCCC)CC1. The van der Waals surface area contributed by atoms with Crippen LogP contribution in [0.15, 0.2) is 0 Å². The van der Waals surface area contributed by atoms with Crippen molar-refractivity contribution >= 4 is 11.9 Å². The first-order valence-corrected chi connectivity index (χ1v) is 23.1. The number of nitrogens with zero attached hydrogens (tertiary/aromatic N) is 1. The number of rotatable bonds is 41. The fourth-order valence-electron chi connectivity index (χ4n) is 7.75. The molecule has 1 aliphatic carbocycles. The number of aliphatic hydroxyl groups excluding tert-OH is 1. The summed E-state index contributed by atoms with van der Waals surface area (Å²) in [6.45, 7) is 11.4. The molecule has 1 aliphatic rings. The van der Waals surface area contributed by atoms with E-state index in [1.807, 2.05) is 0 Å². The molecule has 0 aliphatic heterocycles. The Hall–Kier alpha value is -1.14. The Balaban J connectivity index is 2.18. The first kappa shape index (κ1) is 48.9. The van der Waals surface area contributed by atoms with Crippen LogP contribution in [0.1, 0.15) is 233 Å². The highest BCUT2D eigenvalue weighted by molar-refractivity contribution is 5.69. The number of unbranched alkanes of at least 4 members (excludes halogenated alkanes) is 19. The van der Waals surface area contributed by atoms with Gasteiger partial charge in [0.05, 0.1) is 13.2 Å². The summed E-state index contributed by atoms with van der Waals surface area (Å²) >= 11 is 0. The second-order valence-electron chi connectivity index (χ2n) is 16.7. The van der Waals surface area contributed by atoms with Gasteiger partial charge in [0.25, 0.3) is 0 Å². The molecule has 1 N–H and O–H groups in total. The van der Waals surface area contributed by atoms with Crippen LogP contribution < -0.4 is 0 Å². The van der Waals surface area contributed by atoms with Gasteiger partial charge < -0.3 is 19.5 Å². The van der Waals surface area contributed by atoms with Gasteiger partial charge in [0.15, 0.2) is 0 Å². The van der Waals surface area contributed by atoms with Crippen LogP contribution in [0.5, 0.6) is 0 Å². The molecule has 52 heavy (non-hydrogen) atoms. The number of esters is 2. The molecule has 0 aromatic heterocycles. The van der Waals surface area contributed by atoms with Gasteiger partial charge in [-0.15, -0.1) is 0 Å². The standard InChI is InChI=1S/C46H89NO5/c1-4-7-10-13-14-18-23-31-44(49)51-41-27-20-15-19-25-37-47(39-28-40-48)38-26-24-33-46(35-36-46)34-32-45(50)52-42-43(29-21-16-11-8-5-2)30-22-17-12-9-6-3/h43,48H,4-42H2,1-3H3. The Kier molecular flexibility index (Phi) is 33.4. The Bertz CT molecular complexity index is 786. The third-order valence-electron chi connectivity index (χ3n) is 11.7. The van der Waals surface area contributed by atoms with Crippen LogP contribution in [0.25, 0.3) is 0 Å². The zero-order valence-corrected chi connectivity index (χ0v) is 35.2. The van der Waals surface area contributed by atoms with E-state index in [4.69, 9.17) is 9.47 Å². The maximum atomic E-state index is 12.8. The molecule has 1 saturated carbocycles. The molecular formula is C46H89NO5. The Labute approximate surface area is 323 Å². The lowest BCUT2D eigenvalue weighted by atomic mass is 9.93. The van der Waals surface area contributed by atoms with Crippen molar-refractivity contribution in [1.29, 1.82) is 0 Å². The largest absolute Gasteiger partial charge is 0.466 e. The molecule has 0 heterocycles. The van der Waals surface area contributed by atoms with Crippen molar-refractivity contribution in [1.82, 2.24) is 4.90 Å². The Morgan fingerprint density at radius 2 is 1.02 bits per heavy atom. The van der Waals surface area contributed by atoms with Gasteiger partial charge in [-0.1, -0.05) is 149 Å². The van der Waals surface area contributed by atoms with Gasteiger partial charge in [-0.3, -0.25) is 9.59 Å². The van der Waals surface area contributed by atoms with Crippen molar-refractivity contribution in [3.05, 3.63) is 0 Å². The Morgan fingerprint density at radius 3 is 1.60 bits per heavy atom. The van der Waals surface area contributed by atoms with E-state index in [2.05, 4.69) is 25.7 Å². The molecule has 308 valence electrons. The minimum atomic E-state index is -0.0194. The van der Waals surface area contributed by atoms with Crippen molar-refractivity contribution in [2.75, 3.05) is 39.5 Å². The van der Waals surface area contributed by atoms with E-state index in [1.54, 1.807) is 0 Å². The highest BCUT2D eigenvalue weighted by Gasteiger charge is 2.41. The van der Waals surface area contributed by atoms with E-state index in [0.717, 1.165) is 58.2 Å². The van der Waals surface area contributed by atoms with Crippen LogP contribution in [0.4, 0.5) is 0 Å². The fourth-order valence-corrected chi connectivity index (χ4v) is 7.75. The quantitative estimate of drug-likeness (QED) is 0.0498. The van der Waals surface area contributed by atoms with Crippen molar-refractivity contribution in [3.63, 3.8) is 0 Å². The smallest absolute Gasteiger partial charge is 0.305 e. The molecular weight excluding hydrogens is 647 g/mol. The van der Waals surface area contributed by atoms with Gasteiger partial charge in [-0.05, 0) is 95.1 Å². The maximum absolute atomic E-state index is 12.8. The zero-order chi connectivity index (χ0) is 37.8. The van der Waals surface area contributed by atoms with E-state index in [9.17, 15) is 14.7 Å². The molecule has 0 aromatic carbocycles. The summed E-state index contributed by atoms with van der Waals surface area (Å²) in [6.07, 6.45) is 38.9. The maximum Gasteiger partial charge on any atom is 0.305 e. The van der Waals surface area contributed by atoms with E-state index in [-0.39, 0.29) is 18.5 Å². The zero-order valence-electron chi connectivity index (χ0n) is 35.2. The lowest BCUT2D eigenvalue weighted by molar-refractivity contribution is -0.146. The Morgan fingerprint density at radius 1 is 0.538 bits per heavy atom. The van der Waals surface area contributed by atoms with Crippen LogP contribution in [0.3, 0.4) is 0 Å². The monoisotopic (exact) mass is 736 g/mol. The summed E-state index contributed by atoms with van der Waals surface area (Å²) in [5, 5.41) is 9.44. The highest BCUT2D eigenvalue weighted by atomic mass is 16.5. The van der Waals surface area contributed by atoms with Crippen molar-refractivity contribution in [3.8, 4) is 0 Å². The van der Waals surface area contributed by atoms with Crippen LogP contribution >= 0.6 is 0 Å². The van der Waals surface area contributed by atoms with Gasteiger partial charge in [-0.25, -0.2) is 0 Å². The molecule has 6 heteroatoms. The molecule has 0 bridgehead atoms. The van der Waals surface area contributed by atoms with Gasteiger partial charge >= 0.3 is 11.9 Å². The van der Waals surface area contributed by atoms with E-state index in [1.165, 1.54) is 161 Å². The molecule has 0 radical (unpaired) electrons. The average Bonchev–Trinajstić information content (AvgIpc) is 3.93. The lowest BCUT2D eigenvalue weighted by Crippen LogP contribution is -2.28. The number of carbonyl (C=O) groups excluding carboxylic acids is 2. The first-order valence-electron chi connectivity index (χ1n) is 23.1. The highest BCUT2D eigenvalue weighted by Crippen LogP contribution is 2.53. The predicted octanol–water partition coefficient (Wildman–Crippen LogP) is 12.9. The molecule has 0 spiro atoms. The van der Waals surface area contributed by atoms with Gasteiger partial charge in [0.2, 0.25) is 0 Å². The molecule has 1 fully saturated rings. The summed E-state index contributed by atoms with van der Waals surface area (Å²) in [7, 11) is 0. The average molecular weight is 736 g/mol. The summed E-state index contributed by atoms with van der Waals surface area (Å²) in [5.41, 5.74) is 0.384. The van der Waals surface area contributed by atoms with Crippen molar-refractivity contribution in [2.24, 2.45) is 11.3 Å². The molecule has 6 nitrogen and oxygen atoms in total. The molecule has 0 saturated heterocycles. The predicted molar refractivity (Wildman–Crippen MR) is 221 cm³/mol.